The molecule has 0 atom stereocenters. The molecule has 30 heavy (non-hydrogen) atoms. The van der Waals surface area contributed by atoms with Gasteiger partial charge in [-0.25, -0.2) is 4.39 Å². The summed E-state index contributed by atoms with van der Waals surface area (Å²) in [5.74, 6) is -1.09. The first-order valence-electron chi connectivity index (χ1n) is 8.78. The second-order valence-corrected chi connectivity index (χ2v) is 7.72. The lowest BCUT2D eigenvalue weighted by Gasteiger charge is -2.13. The summed E-state index contributed by atoms with van der Waals surface area (Å²) in [5, 5.41) is 9.81. The molecule has 0 fully saturated rings. The molecule has 152 valence electrons. The van der Waals surface area contributed by atoms with Gasteiger partial charge in [-0.15, -0.1) is 0 Å². The van der Waals surface area contributed by atoms with Gasteiger partial charge in [0.05, 0.1) is 39.1 Å². The molecule has 0 aliphatic carbocycles. The van der Waals surface area contributed by atoms with E-state index in [0.29, 0.717) is 32.9 Å². The molecule has 2 N–H and O–H groups in total. The van der Waals surface area contributed by atoms with Crippen molar-refractivity contribution in [1.82, 2.24) is 4.98 Å². The first kappa shape index (κ1) is 21.8. The Kier molecular flexibility index (Phi) is 6.40. The van der Waals surface area contributed by atoms with Crippen molar-refractivity contribution in [3.05, 3.63) is 79.7 Å². The highest BCUT2D eigenvalue weighted by Crippen LogP contribution is 2.35. The monoisotopic (exact) mass is 487 g/mol. The van der Waals surface area contributed by atoms with Gasteiger partial charge in [0.1, 0.15) is 17.6 Å². The zero-order chi connectivity index (χ0) is 22.0. The Morgan fingerprint density at radius 3 is 2.57 bits per heavy atom. The number of nitriles is 1. The summed E-state index contributed by atoms with van der Waals surface area (Å²) in [5.41, 5.74) is 8.81. The summed E-state index contributed by atoms with van der Waals surface area (Å²) in [7, 11) is 1.40. The van der Waals surface area contributed by atoms with Gasteiger partial charge in [0.2, 0.25) is 0 Å². The van der Waals surface area contributed by atoms with Gasteiger partial charge < -0.3 is 10.5 Å². The Balaban J connectivity index is 2.00. The summed E-state index contributed by atoms with van der Waals surface area (Å²) in [6, 6.07) is 11.7. The van der Waals surface area contributed by atoms with Crippen molar-refractivity contribution in [2.45, 2.75) is 13.3 Å². The lowest BCUT2D eigenvalue weighted by Crippen LogP contribution is -2.14. The fourth-order valence-electron chi connectivity index (χ4n) is 3.16. The number of carbonyl (C=O) groups excluding carboxylic acids is 1. The van der Waals surface area contributed by atoms with Gasteiger partial charge >= 0.3 is 0 Å². The summed E-state index contributed by atoms with van der Waals surface area (Å²) >= 11 is 9.62. The molecular weight excluding hydrogens is 473 g/mol. The highest BCUT2D eigenvalue weighted by molar-refractivity contribution is 9.10. The third-order valence-electron chi connectivity index (χ3n) is 4.58. The molecule has 0 bridgehead atoms. The van der Waals surface area contributed by atoms with E-state index in [-0.39, 0.29) is 16.9 Å². The SMILES string of the molecule is COc1c(Cc2ccc(-c3nc(C)c(Br)c(Cl)c3C#N)cc2)cc(F)cc1C(N)=O. The number of ether oxygens (including phenoxy) is 1. The molecule has 1 amide bonds. The molecule has 3 rings (SSSR count). The zero-order valence-corrected chi connectivity index (χ0v) is 18.4. The molecule has 0 spiro atoms. The van der Waals surface area contributed by atoms with Crippen molar-refractivity contribution in [3.63, 3.8) is 0 Å². The summed E-state index contributed by atoms with van der Waals surface area (Å²) < 4.78 is 19.8. The van der Waals surface area contributed by atoms with E-state index in [1.807, 2.05) is 24.3 Å². The van der Waals surface area contributed by atoms with Crippen molar-refractivity contribution in [2.24, 2.45) is 5.73 Å². The lowest BCUT2D eigenvalue weighted by molar-refractivity contribution is 0.0996. The molecular formula is C22H16BrClFN3O2. The van der Waals surface area contributed by atoms with Gasteiger partial charge in [0, 0.05) is 17.5 Å². The van der Waals surface area contributed by atoms with Crippen LogP contribution < -0.4 is 10.5 Å². The van der Waals surface area contributed by atoms with Crippen LogP contribution in [0.2, 0.25) is 5.02 Å². The van der Waals surface area contributed by atoms with Crippen LogP contribution in [-0.4, -0.2) is 18.0 Å². The second-order valence-electron chi connectivity index (χ2n) is 6.54. The predicted octanol–water partition coefficient (Wildman–Crippen LogP) is 5.18. The Morgan fingerprint density at radius 2 is 2.00 bits per heavy atom. The molecule has 8 heteroatoms. The second kappa shape index (κ2) is 8.82. The van der Waals surface area contributed by atoms with Gasteiger partial charge in [-0.05, 0) is 40.5 Å². The third-order valence-corrected chi connectivity index (χ3v) is 6.16. The first-order chi connectivity index (χ1) is 14.3. The van der Waals surface area contributed by atoms with Crippen molar-refractivity contribution in [1.29, 1.82) is 5.26 Å². The molecule has 1 heterocycles. The van der Waals surface area contributed by atoms with E-state index in [0.717, 1.165) is 17.2 Å². The van der Waals surface area contributed by atoms with E-state index in [9.17, 15) is 14.4 Å². The molecule has 0 aliphatic rings. The lowest BCUT2D eigenvalue weighted by atomic mass is 9.98. The van der Waals surface area contributed by atoms with Crippen molar-refractivity contribution in [2.75, 3.05) is 7.11 Å². The highest BCUT2D eigenvalue weighted by atomic mass is 79.9. The maximum absolute atomic E-state index is 14.0. The maximum atomic E-state index is 14.0. The predicted molar refractivity (Wildman–Crippen MR) is 116 cm³/mol. The van der Waals surface area contributed by atoms with Crippen molar-refractivity contribution < 1.29 is 13.9 Å². The average molecular weight is 489 g/mol. The number of hydrogen-bond acceptors (Lipinski definition) is 4. The first-order valence-corrected chi connectivity index (χ1v) is 9.95. The van der Waals surface area contributed by atoms with Crippen LogP contribution in [-0.2, 0) is 6.42 Å². The minimum absolute atomic E-state index is 0.00744. The highest BCUT2D eigenvalue weighted by Gasteiger charge is 2.18. The smallest absolute Gasteiger partial charge is 0.252 e. The number of nitrogens with zero attached hydrogens (tertiary/aromatic N) is 2. The van der Waals surface area contributed by atoms with Crippen molar-refractivity contribution in [3.8, 4) is 23.1 Å². The van der Waals surface area contributed by atoms with Crippen LogP contribution in [0.3, 0.4) is 0 Å². The fraction of sp³-hybridized carbons (Fsp3) is 0.136. The van der Waals surface area contributed by atoms with Crippen molar-refractivity contribution >= 4 is 33.4 Å². The number of amides is 1. The van der Waals surface area contributed by atoms with Crippen LogP contribution in [0.5, 0.6) is 5.75 Å². The number of methoxy groups -OCH3 is 1. The number of carbonyl (C=O) groups is 1. The van der Waals surface area contributed by atoms with Gasteiger partial charge in [0.25, 0.3) is 5.91 Å². The molecule has 0 saturated heterocycles. The van der Waals surface area contributed by atoms with E-state index < -0.39 is 11.7 Å². The standard InChI is InChI=1S/C22H16BrClFN3O2/c1-11-18(23)19(24)17(10-26)20(28-11)13-5-3-12(4-6-13)7-14-8-15(25)9-16(22(27)29)21(14)30-2/h3-6,8-9H,7H2,1-2H3,(H2,27,29). The van der Waals surface area contributed by atoms with E-state index >= 15 is 0 Å². The topological polar surface area (TPSA) is 89.0 Å². The van der Waals surface area contributed by atoms with Crippen LogP contribution in [0.4, 0.5) is 4.39 Å². The van der Waals surface area contributed by atoms with E-state index in [2.05, 4.69) is 27.0 Å². The van der Waals surface area contributed by atoms with E-state index in [1.54, 1.807) is 6.92 Å². The molecule has 1 aromatic heterocycles. The quantitative estimate of drug-likeness (QED) is 0.536. The zero-order valence-electron chi connectivity index (χ0n) is 16.1. The molecule has 0 unspecified atom stereocenters. The molecule has 0 radical (unpaired) electrons. The summed E-state index contributed by atoms with van der Waals surface area (Å²) in [4.78, 5) is 16.1. The Morgan fingerprint density at radius 1 is 1.33 bits per heavy atom. The molecule has 2 aromatic carbocycles. The number of primary amides is 1. The minimum atomic E-state index is -0.763. The molecule has 0 aliphatic heterocycles. The van der Waals surface area contributed by atoms with Crippen LogP contribution in [0.1, 0.15) is 32.7 Å². The Labute approximate surface area is 186 Å². The Hall–Kier alpha value is -2.95. The number of rotatable bonds is 5. The number of aryl methyl sites for hydroxylation is 1. The number of nitrogens with two attached hydrogens (primary N) is 1. The van der Waals surface area contributed by atoms with E-state index in [4.69, 9.17) is 22.1 Å². The van der Waals surface area contributed by atoms with Crippen LogP contribution in [0.25, 0.3) is 11.3 Å². The Bertz CT molecular complexity index is 1190. The number of benzene rings is 2. The van der Waals surface area contributed by atoms with Crippen LogP contribution in [0, 0.1) is 24.1 Å². The fourth-order valence-corrected chi connectivity index (χ4v) is 3.72. The van der Waals surface area contributed by atoms with Gasteiger partial charge in [-0.1, -0.05) is 35.9 Å². The van der Waals surface area contributed by atoms with Gasteiger partial charge in [0.15, 0.2) is 0 Å². The minimum Gasteiger partial charge on any atom is -0.496 e. The molecule has 5 nitrogen and oxygen atoms in total. The normalized spacial score (nSPS) is 10.5. The van der Waals surface area contributed by atoms with Gasteiger partial charge in [-0.3, -0.25) is 9.78 Å². The van der Waals surface area contributed by atoms with Gasteiger partial charge in [-0.2, -0.15) is 5.26 Å². The van der Waals surface area contributed by atoms with Crippen LogP contribution >= 0.6 is 27.5 Å². The maximum Gasteiger partial charge on any atom is 0.252 e. The average Bonchev–Trinajstić information content (AvgIpc) is 2.72. The molecule has 0 saturated carbocycles. The third kappa shape index (κ3) is 4.16. The summed E-state index contributed by atoms with van der Waals surface area (Å²) in [6.07, 6.45) is 0.320. The number of aromatic nitrogens is 1. The number of pyridine rings is 1. The number of hydrogen-bond donors (Lipinski definition) is 1. The molecule has 3 aromatic rings. The van der Waals surface area contributed by atoms with Crippen LogP contribution in [0.15, 0.2) is 40.9 Å². The summed E-state index contributed by atoms with van der Waals surface area (Å²) in [6.45, 7) is 1.79. The van der Waals surface area contributed by atoms with E-state index in [1.165, 1.54) is 13.2 Å². The number of halogens is 3. The largest absolute Gasteiger partial charge is 0.496 e.